The molecule has 2 N–H and O–H groups in total. The molecular weight excluding hydrogens is 597 g/mol. The van der Waals surface area contributed by atoms with Crippen LogP contribution in [0.15, 0.2) is 77.7 Å². The summed E-state index contributed by atoms with van der Waals surface area (Å²) in [7, 11) is 3.04. The Morgan fingerprint density at radius 3 is 2.45 bits per heavy atom. The molecule has 224 valence electrons. The van der Waals surface area contributed by atoms with Crippen molar-refractivity contribution in [3.63, 3.8) is 0 Å². The minimum Gasteiger partial charge on any atom is -0.493 e. The molecule has 1 aromatic heterocycles. The predicted octanol–water partition coefficient (Wildman–Crippen LogP) is 6.27. The largest absolute Gasteiger partial charge is 0.493 e. The molecule has 44 heavy (non-hydrogen) atoms. The summed E-state index contributed by atoms with van der Waals surface area (Å²) < 4.78 is 10.6. The molecule has 3 amide bonds. The zero-order chi connectivity index (χ0) is 31.2. The number of carbonyl (C=O) groups excluding carboxylic acids is 3. The van der Waals surface area contributed by atoms with Crippen LogP contribution in [0.25, 0.3) is 0 Å². The van der Waals surface area contributed by atoms with Crippen LogP contribution in [-0.2, 0) is 22.6 Å². The van der Waals surface area contributed by atoms with Gasteiger partial charge in [0.2, 0.25) is 11.8 Å². The number of nitrogens with one attached hydrogen (secondary N) is 2. The Morgan fingerprint density at radius 2 is 1.75 bits per heavy atom. The Morgan fingerprint density at radius 1 is 0.977 bits per heavy atom. The maximum Gasteiger partial charge on any atom is 0.255 e. The van der Waals surface area contributed by atoms with E-state index in [0.717, 1.165) is 20.9 Å². The monoisotopic (exact) mass is 626 g/mol. The van der Waals surface area contributed by atoms with E-state index in [1.54, 1.807) is 29.2 Å². The Kier molecular flexibility index (Phi) is 9.53. The van der Waals surface area contributed by atoms with Gasteiger partial charge >= 0.3 is 0 Å². The van der Waals surface area contributed by atoms with Crippen molar-refractivity contribution in [3.8, 4) is 17.6 Å². The van der Waals surface area contributed by atoms with E-state index in [0.29, 0.717) is 52.8 Å². The zero-order valence-corrected chi connectivity index (χ0v) is 26.0. The van der Waals surface area contributed by atoms with Crippen LogP contribution >= 0.6 is 23.1 Å². The summed E-state index contributed by atoms with van der Waals surface area (Å²) in [6.07, 6.45) is 0.572. The number of thiophene rings is 1. The summed E-state index contributed by atoms with van der Waals surface area (Å²) in [4.78, 5) is 42.2. The SMILES string of the molecule is COc1ccc(C(=O)Nc2cccc(SC(C(=O)Nc3sc4c(c3C#N)CCN(C(C)=O)C4)c3ccccc3)c2)cc1OC. The number of anilines is 2. The Hall–Kier alpha value is -4.79. The first-order valence-electron chi connectivity index (χ1n) is 13.8. The number of benzene rings is 3. The van der Waals surface area contributed by atoms with Crippen molar-refractivity contribution in [1.82, 2.24) is 4.90 Å². The highest BCUT2D eigenvalue weighted by Gasteiger charge is 2.29. The predicted molar refractivity (Wildman–Crippen MR) is 171 cm³/mol. The van der Waals surface area contributed by atoms with Crippen molar-refractivity contribution in [2.75, 3.05) is 31.4 Å². The topological polar surface area (TPSA) is 121 Å². The molecule has 2 heterocycles. The molecule has 0 bridgehead atoms. The fraction of sp³-hybridized carbons (Fsp3) is 0.212. The fourth-order valence-corrected chi connectivity index (χ4v) is 7.22. The van der Waals surface area contributed by atoms with Gasteiger partial charge in [-0.2, -0.15) is 5.26 Å². The van der Waals surface area contributed by atoms with Crippen LogP contribution in [0.1, 0.15) is 44.1 Å². The third-order valence-corrected chi connectivity index (χ3v) is 9.56. The Bertz CT molecular complexity index is 1750. The number of nitriles is 1. The molecule has 0 aliphatic carbocycles. The number of nitrogens with zero attached hydrogens (tertiary/aromatic N) is 2. The zero-order valence-electron chi connectivity index (χ0n) is 24.4. The molecule has 0 radical (unpaired) electrons. The quantitative estimate of drug-likeness (QED) is 0.210. The van der Waals surface area contributed by atoms with Crippen molar-refractivity contribution >= 4 is 51.5 Å². The van der Waals surface area contributed by atoms with E-state index in [2.05, 4.69) is 16.7 Å². The molecule has 1 unspecified atom stereocenters. The lowest BCUT2D eigenvalue weighted by Gasteiger charge is -2.25. The highest BCUT2D eigenvalue weighted by atomic mass is 32.2. The second-order valence-electron chi connectivity index (χ2n) is 9.96. The smallest absolute Gasteiger partial charge is 0.255 e. The number of ether oxygens (including phenoxy) is 2. The highest BCUT2D eigenvalue weighted by molar-refractivity contribution is 8.00. The number of methoxy groups -OCH3 is 2. The molecule has 5 rings (SSSR count). The van der Waals surface area contributed by atoms with Crippen LogP contribution in [0.4, 0.5) is 10.7 Å². The van der Waals surface area contributed by atoms with E-state index in [-0.39, 0.29) is 17.7 Å². The van der Waals surface area contributed by atoms with E-state index in [4.69, 9.17) is 9.47 Å². The van der Waals surface area contributed by atoms with Gasteiger partial charge in [0, 0.05) is 34.5 Å². The molecule has 1 aliphatic rings. The van der Waals surface area contributed by atoms with E-state index in [1.165, 1.54) is 44.2 Å². The number of fused-ring (bicyclic) bond motifs is 1. The molecule has 0 spiro atoms. The van der Waals surface area contributed by atoms with Gasteiger partial charge in [0.1, 0.15) is 16.3 Å². The average molecular weight is 627 g/mol. The summed E-state index contributed by atoms with van der Waals surface area (Å²) in [5, 5.41) is 15.7. The van der Waals surface area contributed by atoms with E-state index >= 15 is 0 Å². The molecule has 4 aromatic rings. The minimum absolute atomic E-state index is 0.0177. The van der Waals surface area contributed by atoms with E-state index in [9.17, 15) is 19.6 Å². The van der Waals surface area contributed by atoms with Crippen molar-refractivity contribution in [1.29, 1.82) is 5.26 Å². The third kappa shape index (κ3) is 6.72. The molecule has 0 saturated carbocycles. The lowest BCUT2D eigenvalue weighted by atomic mass is 10.0. The van der Waals surface area contributed by atoms with E-state index < -0.39 is 5.25 Å². The first-order valence-corrected chi connectivity index (χ1v) is 15.5. The van der Waals surface area contributed by atoms with Gasteiger partial charge < -0.3 is 25.0 Å². The summed E-state index contributed by atoms with van der Waals surface area (Å²) in [6, 6.07) is 23.9. The molecule has 0 fully saturated rings. The minimum atomic E-state index is -0.646. The summed E-state index contributed by atoms with van der Waals surface area (Å²) in [6.45, 7) is 2.51. The van der Waals surface area contributed by atoms with Crippen molar-refractivity contribution < 1.29 is 23.9 Å². The lowest BCUT2D eigenvalue weighted by Crippen LogP contribution is -2.33. The molecule has 3 aromatic carbocycles. The molecule has 11 heteroatoms. The van der Waals surface area contributed by atoms with Crippen molar-refractivity contribution in [2.45, 2.75) is 30.0 Å². The lowest BCUT2D eigenvalue weighted by molar-refractivity contribution is -0.129. The van der Waals surface area contributed by atoms with Crippen LogP contribution in [0.5, 0.6) is 11.5 Å². The number of rotatable bonds is 9. The Labute approximate surface area is 263 Å². The number of thioether (sulfide) groups is 1. The fourth-order valence-electron chi connectivity index (χ4n) is 4.92. The van der Waals surface area contributed by atoms with Crippen LogP contribution in [0.2, 0.25) is 0 Å². The van der Waals surface area contributed by atoms with Crippen LogP contribution in [0, 0.1) is 11.3 Å². The van der Waals surface area contributed by atoms with Gasteiger partial charge in [0.15, 0.2) is 11.5 Å². The van der Waals surface area contributed by atoms with E-state index in [1.807, 2.05) is 48.5 Å². The van der Waals surface area contributed by atoms with Gasteiger partial charge in [-0.3, -0.25) is 14.4 Å². The molecule has 1 aliphatic heterocycles. The number of carbonyl (C=O) groups is 3. The number of amides is 3. The van der Waals surface area contributed by atoms with Gasteiger partial charge in [0.25, 0.3) is 5.91 Å². The normalized spacial score (nSPS) is 12.8. The molecular formula is C33H30N4O5S2. The van der Waals surface area contributed by atoms with Gasteiger partial charge in [-0.1, -0.05) is 36.4 Å². The van der Waals surface area contributed by atoms with Gasteiger partial charge in [0.05, 0.1) is 26.3 Å². The summed E-state index contributed by atoms with van der Waals surface area (Å²) in [5.74, 6) is 0.355. The average Bonchev–Trinajstić information content (AvgIpc) is 3.39. The van der Waals surface area contributed by atoms with Crippen molar-refractivity contribution in [2.24, 2.45) is 0 Å². The molecule has 1 atom stereocenters. The maximum absolute atomic E-state index is 13.8. The standard InChI is InChI=1S/C33H30N4O5S2/c1-20(38)37-15-14-25-26(18-34)33(44-29(25)19-37)36-32(40)30(21-8-5-4-6-9-21)43-24-11-7-10-23(17-24)35-31(39)22-12-13-27(41-2)28(16-22)42-3/h4-13,16-17,30H,14-15,19H2,1-3H3,(H,35,39)(H,36,40). The van der Waals surface area contributed by atoms with Crippen molar-refractivity contribution in [3.05, 3.63) is 99.9 Å². The van der Waals surface area contributed by atoms with Gasteiger partial charge in [-0.25, -0.2) is 0 Å². The maximum atomic E-state index is 13.8. The number of hydrogen-bond acceptors (Lipinski definition) is 8. The van der Waals surface area contributed by atoms with Gasteiger partial charge in [-0.15, -0.1) is 23.1 Å². The number of hydrogen-bond donors (Lipinski definition) is 2. The third-order valence-electron chi connectivity index (χ3n) is 7.18. The highest BCUT2D eigenvalue weighted by Crippen LogP contribution is 2.41. The van der Waals surface area contributed by atoms with Gasteiger partial charge in [-0.05, 0) is 53.9 Å². The second kappa shape index (κ2) is 13.7. The summed E-state index contributed by atoms with van der Waals surface area (Å²) >= 11 is 2.68. The summed E-state index contributed by atoms with van der Waals surface area (Å²) in [5.41, 5.74) is 3.11. The second-order valence-corrected chi connectivity index (χ2v) is 12.2. The molecule has 9 nitrogen and oxygen atoms in total. The first-order chi connectivity index (χ1) is 21.3. The Balaban J connectivity index is 1.37. The van der Waals surface area contributed by atoms with Crippen LogP contribution < -0.4 is 20.1 Å². The van der Waals surface area contributed by atoms with Crippen LogP contribution in [-0.4, -0.2) is 43.4 Å². The first kappa shape index (κ1) is 30.7. The molecule has 0 saturated heterocycles. The van der Waals surface area contributed by atoms with Crippen LogP contribution in [0.3, 0.4) is 0 Å².